The van der Waals surface area contributed by atoms with Crippen LogP contribution in [0.1, 0.15) is 58.8 Å². The number of fused-ring (bicyclic) bond motifs is 1. The number of nitrogens with zero attached hydrogens (tertiary/aromatic N) is 3. The van der Waals surface area contributed by atoms with Crippen molar-refractivity contribution in [3.8, 4) is 0 Å². The summed E-state index contributed by atoms with van der Waals surface area (Å²) < 4.78 is 1.96. The van der Waals surface area contributed by atoms with Crippen molar-refractivity contribution in [2.24, 2.45) is 0 Å². The zero-order valence-electron chi connectivity index (χ0n) is 18.0. The smallest absolute Gasteiger partial charge is 0.240 e. The molecule has 0 bridgehead atoms. The number of imidazole rings is 1. The molecule has 4 rings (SSSR count). The average molecular weight is 429 g/mol. The molecule has 0 unspecified atom stereocenters. The van der Waals surface area contributed by atoms with Crippen LogP contribution >= 0.6 is 11.8 Å². The zero-order valence-corrected chi connectivity index (χ0v) is 18.8. The summed E-state index contributed by atoms with van der Waals surface area (Å²) in [5, 5.41) is 3.90. The van der Waals surface area contributed by atoms with Gasteiger partial charge in [-0.1, -0.05) is 36.7 Å². The summed E-state index contributed by atoms with van der Waals surface area (Å²) in [6.07, 6.45) is 7.84. The normalized spacial score (nSPS) is 22.5. The molecule has 7 heteroatoms. The SMILES string of the molecule is C[C@H]1CCC[C@H](C)N1C(=O)CSc1nc2ccccc2n1CC(=O)NC1CCCC1. The monoisotopic (exact) mass is 428 g/mol. The fourth-order valence-electron chi connectivity index (χ4n) is 4.92. The summed E-state index contributed by atoms with van der Waals surface area (Å²) in [5.74, 6) is 0.535. The fourth-order valence-corrected chi connectivity index (χ4v) is 5.80. The van der Waals surface area contributed by atoms with E-state index in [4.69, 9.17) is 4.98 Å². The fraction of sp³-hybridized carbons (Fsp3) is 0.609. The number of para-hydroxylation sites is 2. The lowest BCUT2D eigenvalue weighted by Crippen LogP contribution is -2.48. The number of hydrogen-bond donors (Lipinski definition) is 1. The van der Waals surface area contributed by atoms with Gasteiger partial charge < -0.3 is 14.8 Å². The van der Waals surface area contributed by atoms with Gasteiger partial charge in [-0.3, -0.25) is 9.59 Å². The molecule has 0 spiro atoms. The van der Waals surface area contributed by atoms with Gasteiger partial charge in [-0.2, -0.15) is 0 Å². The molecule has 2 aliphatic rings. The second-order valence-corrected chi connectivity index (χ2v) is 9.68. The Kier molecular flexibility index (Phi) is 6.66. The summed E-state index contributed by atoms with van der Waals surface area (Å²) in [6.45, 7) is 4.52. The highest BCUT2D eigenvalue weighted by atomic mass is 32.2. The third-order valence-electron chi connectivity index (χ3n) is 6.45. The lowest BCUT2D eigenvalue weighted by atomic mass is 9.98. The Morgan fingerprint density at radius 3 is 2.50 bits per heavy atom. The van der Waals surface area contributed by atoms with E-state index in [9.17, 15) is 9.59 Å². The van der Waals surface area contributed by atoms with Crippen LogP contribution in [-0.4, -0.2) is 50.1 Å². The molecule has 6 nitrogen and oxygen atoms in total. The van der Waals surface area contributed by atoms with Crippen molar-refractivity contribution >= 4 is 34.6 Å². The van der Waals surface area contributed by atoms with E-state index in [1.54, 1.807) is 0 Å². The quantitative estimate of drug-likeness (QED) is 0.707. The highest BCUT2D eigenvalue weighted by Gasteiger charge is 2.29. The van der Waals surface area contributed by atoms with Crippen molar-refractivity contribution in [3.05, 3.63) is 24.3 Å². The van der Waals surface area contributed by atoms with Gasteiger partial charge in [-0.15, -0.1) is 0 Å². The minimum atomic E-state index is 0.0245. The van der Waals surface area contributed by atoms with Crippen molar-refractivity contribution in [1.29, 1.82) is 0 Å². The van der Waals surface area contributed by atoms with E-state index in [2.05, 4.69) is 19.2 Å². The third-order valence-corrected chi connectivity index (χ3v) is 7.41. The Bertz CT molecular complexity index is 896. The molecule has 1 N–H and O–H groups in total. The molecule has 1 saturated heterocycles. The van der Waals surface area contributed by atoms with Crippen LogP contribution in [0.5, 0.6) is 0 Å². The average Bonchev–Trinajstić information content (AvgIpc) is 3.34. The van der Waals surface area contributed by atoms with Gasteiger partial charge in [0.1, 0.15) is 6.54 Å². The van der Waals surface area contributed by atoms with E-state index < -0.39 is 0 Å². The number of thioether (sulfide) groups is 1. The van der Waals surface area contributed by atoms with Crippen LogP contribution in [0.2, 0.25) is 0 Å². The maximum absolute atomic E-state index is 13.0. The van der Waals surface area contributed by atoms with E-state index in [1.165, 1.54) is 31.0 Å². The Morgan fingerprint density at radius 2 is 1.77 bits per heavy atom. The molecular weight excluding hydrogens is 396 g/mol. The molecule has 2 amide bonds. The van der Waals surface area contributed by atoms with E-state index in [0.717, 1.165) is 41.9 Å². The van der Waals surface area contributed by atoms with Crippen molar-refractivity contribution in [2.75, 3.05) is 5.75 Å². The molecule has 1 saturated carbocycles. The van der Waals surface area contributed by atoms with E-state index in [-0.39, 0.29) is 30.4 Å². The van der Waals surface area contributed by atoms with Crippen LogP contribution in [0, 0.1) is 0 Å². The molecule has 1 aromatic heterocycles. The van der Waals surface area contributed by atoms with Gasteiger partial charge in [0.05, 0.1) is 16.8 Å². The van der Waals surface area contributed by atoms with Gasteiger partial charge in [-0.05, 0) is 58.1 Å². The first-order valence-corrected chi connectivity index (χ1v) is 12.2. The lowest BCUT2D eigenvalue weighted by molar-refractivity contribution is -0.134. The molecular formula is C23H32N4O2S. The van der Waals surface area contributed by atoms with Gasteiger partial charge in [0.25, 0.3) is 0 Å². The molecule has 0 radical (unpaired) electrons. The van der Waals surface area contributed by atoms with Gasteiger partial charge in [0.2, 0.25) is 11.8 Å². The summed E-state index contributed by atoms with van der Waals surface area (Å²) in [7, 11) is 0. The van der Waals surface area contributed by atoms with Gasteiger partial charge in [-0.25, -0.2) is 4.98 Å². The van der Waals surface area contributed by atoms with Crippen molar-refractivity contribution in [2.45, 2.75) is 88.6 Å². The summed E-state index contributed by atoms with van der Waals surface area (Å²) in [4.78, 5) is 32.4. The number of likely N-dealkylation sites (tertiary alicyclic amines) is 1. The summed E-state index contributed by atoms with van der Waals surface area (Å²) in [6, 6.07) is 8.75. The maximum atomic E-state index is 13.0. The highest BCUT2D eigenvalue weighted by molar-refractivity contribution is 7.99. The number of carbonyl (C=O) groups is 2. The van der Waals surface area contributed by atoms with Crippen LogP contribution in [0.25, 0.3) is 11.0 Å². The van der Waals surface area contributed by atoms with E-state index in [1.807, 2.05) is 33.7 Å². The molecule has 2 atom stereocenters. The summed E-state index contributed by atoms with van der Waals surface area (Å²) in [5.41, 5.74) is 1.80. The number of amides is 2. The first-order valence-electron chi connectivity index (χ1n) is 11.2. The Hall–Kier alpha value is -2.02. The van der Waals surface area contributed by atoms with Crippen LogP contribution < -0.4 is 5.32 Å². The topological polar surface area (TPSA) is 67.2 Å². The standard InChI is InChI=1S/C23H32N4O2S/c1-16-8-7-9-17(2)27(16)22(29)15-30-23-25-19-12-5-6-13-20(19)26(23)14-21(28)24-18-10-3-4-11-18/h5-6,12-13,16-18H,3-4,7-11,14-15H2,1-2H3,(H,24,28)/t16-,17-/m0/s1. The van der Waals surface area contributed by atoms with E-state index in [0.29, 0.717) is 11.8 Å². The highest BCUT2D eigenvalue weighted by Crippen LogP contribution is 2.27. The first kappa shape index (κ1) is 21.2. The minimum Gasteiger partial charge on any atom is -0.352 e. The van der Waals surface area contributed by atoms with Crippen LogP contribution in [0.15, 0.2) is 29.4 Å². The molecule has 1 aliphatic heterocycles. The van der Waals surface area contributed by atoms with Crippen LogP contribution in [-0.2, 0) is 16.1 Å². The maximum Gasteiger partial charge on any atom is 0.240 e. The molecule has 2 fully saturated rings. The van der Waals surface area contributed by atoms with Gasteiger partial charge in [0, 0.05) is 18.1 Å². The van der Waals surface area contributed by atoms with Crippen LogP contribution in [0.4, 0.5) is 0 Å². The third kappa shape index (κ3) is 4.66. The molecule has 30 heavy (non-hydrogen) atoms. The minimum absolute atomic E-state index is 0.0245. The zero-order chi connectivity index (χ0) is 21.1. The Labute approximate surface area is 182 Å². The summed E-state index contributed by atoms with van der Waals surface area (Å²) >= 11 is 1.44. The Morgan fingerprint density at radius 1 is 1.07 bits per heavy atom. The molecule has 1 aliphatic carbocycles. The van der Waals surface area contributed by atoms with Gasteiger partial charge >= 0.3 is 0 Å². The van der Waals surface area contributed by atoms with Crippen LogP contribution in [0.3, 0.4) is 0 Å². The first-order chi connectivity index (χ1) is 14.5. The number of aromatic nitrogens is 2. The number of benzene rings is 1. The number of piperidine rings is 1. The number of carbonyl (C=O) groups excluding carboxylic acids is 2. The Balaban J connectivity index is 1.48. The predicted molar refractivity (Wildman–Crippen MR) is 120 cm³/mol. The predicted octanol–water partition coefficient (Wildman–Crippen LogP) is 3.98. The molecule has 2 heterocycles. The van der Waals surface area contributed by atoms with Crippen molar-refractivity contribution in [1.82, 2.24) is 19.8 Å². The second-order valence-electron chi connectivity index (χ2n) is 8.74. The number of hydrogen-bond acceptors (Lipinski definition) is 4. The van der Waals surface area contributed by atoms with Gasteiger partial charge in [0.15, 0.2) is 5.16 Å². The second kappa shape index (κ2) is 9.41. The number of rotatable bonds is 6. The molecule has 162 valence electrons. The van der Waals surface area contributed by atoms with E-state index >= 15 is 0 Å². The molecule has 2 aromatic rings. The lowest BCUT2D eigenvalue weighted by Gasteiger charge is -2.39. The van der Waals surface area contributed by atoms with Crippen molar-refractivity contribution < 1.29 is 9.59 Å². The largest absolute Gasteiger partial charge is 0.352 e. The van der Waals surface area contributed by atoms with Crippen molar-refractivity contribution in [3.63, 3.8) is 0 Å². The number of nitrogens with one attached hydrogen (secondary N) is 1. The molecule has 1 aromatic carbocycles.